The van der Waals surface area contributed by atoms with E-state index in [9.17, 15) is 14.4 Å². The molecule has 0 saturated heterocycles. The minimum absolute atomic E-state index is 0.0144. The summed E-state index contributed by atoms with van der Waals surface area (Å²) in [5.74, 6) is -2.31. The van der Waals surface area contributed by atoms with Crippen molar-refractivity contribution >= 4 is 34.4 Å². The van der Waals surface area contributed by atoms with E-state index in [-0.39, 0.29) is 36.9 Å². The lowest BCUT2D eigenvalue weighted by molar-refractivity contribution is -0.168. The van der Waals surface area contributed by atoms with Crippen LogP contribution in [0, 0.1) is 11.8 Å². The quantitative estimate of drug-likeness (QED) is 0.205. The molecule has 4 rings (SSSR count). The minimum atomic E-state index is -0.536. The van der Waals surface area contributed by atoms with Gasteiger partial charge in [-0.05, 0) is 50.5 Å². The fourth-order valence-corrected chi connectivity index (χ4v) is 5.39. The Morgan fingerprint density at radius 3 is 2.27 bits per heavy atom. The zero-order valence-electron chi connectivity index (χ0n) is 21.6. The van der Waals surface area contributed by atoms with Gasteiger partial charge in [-0.25, -0.2) is 4.79 Å². The van der Waals surface area contributed by atoms with Crippen molar-refractivity contribution in [1.82, 2.24) is 0 Å². The van der Waals surface area contributed by atoms with Crippen LogP contribution in [-0.4, -0.2) is 43.3 Å². The van der Waals surface area contributed by atoms with Gasteiger partial charge in [-0.1, -0.05) is 62.2 Å². The van der Waals surface area contributed by atoms with Crippen LogP contribution in [0.1, 0.15) is 58.3 Å². The highest BCUT2D eigenvalue weighted by atomic mass is 16.6. The van der Waals surface area contributed by atoms with E-state index >= 15 is 0 Å². The summed E-state index contributed by atoms with van der Waals surface area (Å²) in [5.41, 5.74) is 1.33. The number of hydrogen-bond acceptors (Lipinski definition) is 7. The van der Waals surface area contributed by atoms with Gasteiger partial charge in [-0.3, -0.25) is 9.59 Å². The molecular formula is C30H37NO6. The van der Waals surface area contributed by atoms with Crippen LogP contribution in [0.2, 0.25) is 0 Å². The van der Waals surface area contributed by atoms with E-state index in [1.807, 2.05) is 18.2 Å². The van der Waals surface area contributed by atoms with Crippen LogP contribution in [0.4, 0.5) is 5.69 Å². The van der Waals surface area contributed by atoms with Crippen molar-refractivity contribution in [2.75, 3.05) is 18.5 Å². The normalized spacial score (nSPS) is 23.6. The van der Waals surface area contributed by atoms with Gasteiger partial charge in [0.25, 0.3) is 0 Å². The smallest absolute Gasteiger partial charge is 0.333 e. The molecule has 0 heterocycles. The second-order valence-electron chi connectivity index (χ2n) is 10.1. The molecule has 2 fully saturated rings. The lowest BCUT2D eigenvalue weighted by atomic mass is 9.79. The van der Waals surface area contributed by atoms with Gasteiger partial charge in [0.15, 0.2) is 0 Å². The Morgan fingerprint density at radius 1 is 0.838 bits per heavy atom. The molecule has 4 unspecified atom stereocenters. The van der Waals surface area contributed by atoms with Crippen LogP contribution < -0.4 is 5.32 Å². The molecule has 2 aliphatic rings. The van der Waals surface area contributed by atoms with Crippen molar-refractivity contribution in [3.05, 3.63) is 54.6 Å². The van der Waals surface area contributed by atoms with Gasteiger partial charge in [0.2, 0.25) is 0 Å². The van der Waals surface area contributed by atoms with E-state index in [0.29, 0.717) is 12.8 Å². The first-order valence-corrected chi connectivity index (χ1v) is 13.4. The third-order valence-electron chi connectivity index (χ3n) is 7.38. The fraction of sp³-hybridized carbons (Fsp3) is 0.500. The molecule has 37 heavy (non-hydrogen) atoms. The average molecular weight is 508 g/mol. The second kappa shape index (κ2) is 12.7. The Labute approximate surface area is 218 Å². The molecule has 2 aromatic rings. The monoisotopic (exact) mass is 507 g/mol. The standard InChI is InChI=1S/C30H37NO6/c1-20(2)28(32)35-18-19-36-29(33)23-13-5-6-14-24(23)30(34)37-27-17-8-7-15-26(27)31-25-16-9-11-21-10-3-4-12-22(21)25/h3-4,9-12,16,23-24,26-27,31H,1,5-8,13-15,17-19H2,2H3. The largest absolute Gasteiger partial charge is 0.462 e. The first kappa shape index (κ1) is 26.7. The van der Waals surface area contributed by atoms with Crippen LogP contribution in [-0.2, 0) is 28.6 Å². The van der Waals surface area contributed by atoms with Crippen molar-refractivity contribution < 1.29 is 28.6 Å². The van der Waals surface area contributed by atoms with Crippen molar-refractivity contribution in [2.24, 2.45) is 11.8 Å². The molecule has 0 amide bonds. The maximum absolute atomic E-state index is 13.3. The zero-order valence-corrected chi connectivity index (χ0v) is 21.6. The number of benzene rings is 2. The summed E-state index contributed by atoms with van der Waals surface area (Å²) in [6, 6.07) is 14.4. The Kier molecular flexibility index (Phi) is 9.20. The van der Waals surface area contributed by atoms with Gasteiger partial charge < -0.3 is 19.5 Å². The summed E-state index contributed by atoms with van der Waals surface area (Å²) < 4.78 is 16.4. The number of carbonyl (C=O) groups is 3. The number of esters is 3. The Balaban J connectivity index is 1.36. The van der Waals surface area contributed by atoms with Crippen LogP contribution in [0.3, 0.4) is 0 Å². The Morgan fingerprint density at radius 2 is 1.49 bits per heavy atom. The zero-order chi connectivity index (χ0) is 26.2. The molecule has 2 aromatic carbocycles. The van der Waals surface area contributed by atoms with Crippen molar-refractivity contribution in [3.8, 4) is 0 Å². The first-order valence-electron chi connectivity index (χ1n) is 13.4. The van der Waals surface area contributed by atoms with E-state index in [4.69, 9.17) is 14.2 Å². The number of fused-ring (bicyclic) bond motifs is 1. The molecule has 0 bridgehead atoms. The maximum Gasteiger partial charge on any atom is 0.333 e. The van der Waals surface area contributed by atoms with Gasteiger partial charge in [0.1, 0.15) is 19.3 Å². The highest BCUT2D eigenvalue weighted by Crippen LogP contribution is 2.34. The highest BCUT2D eigenvalue weighted by molar-refractivity contribution is 5.94. The first-order chi connectivity index (χ1) is 17.9. The predicted molar refractivity (Wildman–Crippen MR) is 142 cm³/mol. The number of ether oxygens (including phenoxy) is 3. The number of anilines is 1. The second-order valence-corrected chi connectivity index (χ2v) is 10.1. The summed E-state index contributed by atoms with van der Waals surface area (Å²) in [4.78, 5) is 37.7. The third-order valence-corrected chi connectivity index (χ3v) is 7.38. The predicted octanol–water partition coefficient (Wildman–Crippen LogP) is 5.58. The summed E-state index contributed by atoms with van der Waals surface area (Å²) >= 11 is 0. The maximum atomic E-state index is 13.3. The van der Waals surface area contributed by atoms with Crippen molar-refractivity contribution in [3.63, 3.8) is 0 Å². The fourth-order valence-electron chi connectivity index (χ4n) is 5.39. The topological polar surface area (TPSA) is 90.9 Å². The lowest BCUT2D eigenvalue weighted by Gasteiger charge is -2.35. The number of nitrogens with one attached hydrogen (secondary N) is 1. The SMILES string of the molecule is C=C(C)C(=O)OCCOC(=O)C1CCCCC1C(=O)OC1CCCCC1Nc1cccc2ccccc12. The lowest BCUT2D eigenvalue weighted by Crippen LogP contribution is -2.43. The van der Waals surface area contributed by atoms with Gasteiger partial charge in [-0.2, -0.15) is 0 Å². The molecule has 2 saturated carbocycles. The molecule has 7 heteroatoms. The average Bonchev–Trinajstić information content (AvgIpc) is 2.92. The van der Waals surface area contributed by atoms with Crippen LogP contribution in [0.5, 0.6) is 0 Å². The number of rotatable bonds is 9. The van der Waals surface area contributed by atoms with Crippen LogP contribution in [0.25, 0.3) is 10.8 Å². The Bertz CT molecular complexity index is 1120. The number of hydrogen-bond donors (Lipinski definition) is 1. The summed E-state index contributed by atoms with van der Waals surface area (Å²) in [5, 5.41) is 5.96. The van der Waals surface area contributed by atoms with E-state index in [2.05, 4.69) is 36.2 Å². The summed E-state index contributed by atoms with van der Waals surface area (Å²) in [7, 11) is 0. The Hall–Kier alpha value is -3.35. The van der Waals surface area contributed by atoms with E-state index in [1.165, 1.54) is 0 Å². The van der Waals surface area contributed by atoms with Gasteiger partial charge in [-0.15, -0.1) is 0 Å². The van der Waals surface area contributed by atoms with Crippen LogP contribution >= 0.6 is 0 Å². The molecule has 2 aliphatic carbocycles. The van der Waals surface area contributed by atoms with E-state index < -0.39 is 23.8 Å². The summed E-state index contributed by atoms with van der Waals surface area (Å²) in [6.07, 6.45) is 6.48. The number of carbonyl (C=O) groups excluding carboxylic acids is 3. The third kappa shape index (κ3) is 6.90. The molecule has 0 aromatic heterocycles. The molecule has 1 N–H and O–H groups in total. The molecule has 0 spiro atoms. The van der Waals surface area contributed by atoms with Gasteiger partial charge in [0, 0.05) is 16.6 Å². The molecule has 0 radical (unpaired) electrons. The van der Waals surface area contributed by atoms with E-state index in [0.717, 1.165) is 55.0 Å². The molecule has 7 nitrogen and oxygen atoms in total. The van der Waals surface area contributed by atoms with E-state index in [1.54, 1.807) is 6.92 Å². The minimum Gasteiger partial charge on any atom is -0.462 e. The molecule has 198 valence electrons. The molecule has 0 aliphatic heterocycles. The highest BCUT2D eigenvalue weighted by Gasteiger charge is 2.40. The molecular weight excluding hydrogens is 470 g/mol. The van der Waals surface area contributed by atoms with Crippen molar-refractivity contribution in [1.29, 1.82) is 0 Å². The summed E-state index contributed by atoms with van der Waals surface area (Å²) in [6.45, 7) is 5.00. The van der Waals surface area contributed by atoms with Gasteiger partial charge >= 0.3 is 17.9 Å². The van der Waals surface area contributed by atoms with Crippen LogP contribution in [0.15, 0.2) is 54.6 Å². The van der Waals surface area contributed by atoms with Crippen molar-refractivity contribution in [2.45, 2.75) is 70.4 Å². The molecule has 4 atom stereocenters. The van der Waals surface area contributed by atoms with Gasteiger partial charge in [0.05, 0.1) is 17.9 Å².